The lowest BCUT2D eigenvalue weighted by Crippen LogP contribution is -2.42. The van der Waals surface area contributed by atoms with Crippen LogP contribution in [0.3, 0.4) is 0 Å². The van der Waals surface area contributed by atoms with E-state index in [0.29, 0.717) is 0 Å². The molecule has 0 aromatic heterocycles. The lowest BCUT2D eigenvalue weighted by molar-refractivity contribution is -0.143. The van der Waals surface area contributed by atoms with Crippen LogP contribution in [0.4, 0.5) is 26.3 Å². The summed E-state index contributed by atoms with van der Waals surface area (Å²) in [7, 11) is 0. The van der Waals surface area contributed by atoms with E-state index >= 15 is 0 Å². The Balaban J connectivity index is 2.07. The van der Waals surface area contributed by atoms with Crippen LogP contribution in [0.5, 0.6) is 0 Å². The Hall–Kier alpha value is -2.26. The number of rotatable bonds is 4. The number of hydrogen-bond acceptors (Lipinski definition) is 3. The standard InChI is InChI=1S/C18H19F6NO3/c1-10-4-2-3-5-14(10)25-15(26)9-28-16(27)11-6-12(17(19,20)21)8-13(7-11)18(22,23)24/h6-8,10,14H,2-5,9H2,1H3,(H,25,26). The van der Waals surface area contributed by atoms with Gasteiger partial charge < -0.3 is 10.1 Å². The van der Waals surface area contributed by atoms with E-state index in [4.69, 9.17) is 0 Å². The monoisotopic (exact) mass is 411 g/mol. The predicted molar refractivity (Wildman–Crippen MR) is 86.3 cm³/mol. The Morgan fingerprint density at radius 1 is 1.00 bits per heavy atom. The molecule has 0 heterocycles. The second-order valence-corrected chi connectivity index (χ2v) is 6.81. The first kappa shape index (κ1) is 22.0. The van der Waals surface area contributed by atoms with Crippen molar-refractivity contribution in [2.45, 2.75) is 51.0 Å². The highest BCUT2D eigenvalue weighted by Gasteiger charge is 2.37. The Morgan fingerprint density at radius 2 is 1.54 bits per heavy atom. The van der Waals surface area contributed by atoms with E-state index in [2.05, 4.69) is 10.1 Å². The average molecular weight is 411 g/mol. The Morgan fingerprint density at radius 3 is 2.04 bits per heavy atom. The molecule has 1 amide bonds. The van der Waals surface area contributed by atoms with E-state index in [9.17, 15) is 35.9 Å². The quantitative estimate of drug-likeness (QED) is 0.583. The van der Waals surface area contributed by atoms with Gasteiger partial charge in [0.1, 0.15) is 0 Å². The predicted octanol–water partition coefficient (Wildman–Crippen LogP) is 4.58. The maximum atomic E-state index is 12.8. The molecule has 28 heavy (non-hydrogen) atoms. The molecule has 2 atom stereocenters. The van der Waals surface area contributed by atoms with Gasteiger partial charge in [-0.2, -0.15) is 26.3 Å². The van der Waals surface area contributed by atoms with E-state index in [1.54, 1.807) is 0 Å². The molecule has 0 spiro atoms. The van der Waals surface area contributed by atoms with Gasteiger partial charge in [0.05, 0.1) is 16.7 Å². The fourth-order valence-electron chi connectivity index (χ4n) is 3.07. The van der Waals surface area contributed by atoms with Crippen molar-refractivity contribution in [2.24, 2.45) is 5.92 Å². The molecule has 1 saturated carbocycles. The molecule has 2 unspecified atom stereocenters. The van der Waals surface area contributed by atoms with Gasteiger partial charge in [-0.15, -0.1) is 0 Å². The summed E-state index contributed by atoms with van der Waals surface area (Å²) in [6.45, 7) is 1.16. The highest BCUT2D eigenvalue weighted by atomic mass is 19.4. The molecule has 1 N–H and O–H groups in total. The van der Waals surface area contributed by atoms with Crippen molar-refractivity contribution in [1.82, 2.24) is 5.32 Å². The van der Waals surface area contributed by atoms with Crippen LogP contribution >= 0.6 is 0 Å². The van der Waals surface area contributed by atoms with Crippen molar-refractivity contribution in [2.75, 3.05) is 6.61 Å². The number of esters is 1. The maximum Gasteiger partial charge on any atom is 0.416 e. The van der Waals surface area contributed by atoms with Crippen molar-refractivity contribution in [3.8, 4) is 0 Å². The van der Waals surface area contributed by atoms with Crippen LogP contribution < -0.4 is 5.32 Å². The van der Waals surface area contributed by atoms with E-state index in [-0.39, 0.29) is 30.2 Å². The number of nitrogens with one attached hydrogen (secondary N) is 1. The first-order valence-corrected chi connectivity index (χ1v) is 8.64. The summed E-state index contributed by atoms with van der Waals surface area (Å²) in [5, 5.41) is 2.67. The molecule has 1 fully saturated rings. The molecule has 0 radical (unpaired) electrons. The number of carbonyl (C=O) groups is 2. The molecule has 4 nitrogen and oxygen atoms in total. The number of carbonyl (C=O) groups excluding carboxylic acids is 2. The Labute approximate surface area is 157 Å². The lowest BCUT2D eigenvalue weighted by atomic mass is 9.86. The van der Waals surface area contributed by atoms with E-state index in [0.717, 1.165) is 25.7 Å². The number of alkyl halides is 6. The molecule has 0 saturated heterocycles. The molecule has 1 aliphatic carbocycles. The molecule has 1 aromatic carbocycles. The molecule has 2 rings (SSSR count). The smallest absolute Gasteiger partial charge is 0.416 e. The number of amides is 1. The van der Waals surface area contributed by atoms with Crippen LogP contribution in [0.2, 0.25) is 0 Å². The second-order valence-electron chi connectivity index (χ2n) is 6.81. The minimum Gasteiger partial charge on any atom is -0.452 e. The average Bonchev–Trinajstić information content (AvgIpc) is 2.59. The van der Waals surface area contributed by atoms with Gasteiger partial charge in [0, 0.05) is 6.04 Å². The van der Waals surface area contributed by atoms with E-state index in [1.807, 2.05) is 6.92 Å². The number of halogens is 6. The van der Waals surface area contributed by atoms with Gasteiger partial charge in [-0.1, -0.05) is 19.8 Å². The van der Waals surface area contributed by atoms with Crippen molar-refractivity contribution < 1.29 is 40.7 Å². The van der Waals surface area contributed by atoms with Crippen molar-refractivity contribution in [3.05, 3.63) is 34.9 Å². The third kappa shape index (κ3) is 5.87. The van der Waals surface area contributed by atoms with Gasteiger partial charge in [-0.25, -0.2) is 4.79 Å². The minimum absolute atomic E-state index is 0.0893. The lowest BCUT2D eigenvalue weighted by Gasteiger charge is -2.29. The summed E-state index contributed by atoms with van der Waals surface area (Å²) in [6, 6.07) is 0.330. The molecular weight excluding hydrogens is 392 g/mol. The molecule has 156 valence electrons. The SMILES string of the molecule is CC1CCCCC1NC(=O)COC(=O)c1cc(C(F)(F)F)cc(C(F)(F)F)c1. The first-order chi connectivity index (χ1) is 12.9. The molecule has 0 aliphatic heterocycles. The minimum atomic E-state index is -5.08. The summed E-state index contributed by atoms with van der Waals surface area (Å²) in [5.41, 5.74) is -4.19. The van der Waals surface area contributed by atoms with Crippen LogP contribution in [0, 0.1) is 5.92 Å². The fourth-order valence-corrected chi connectivity index (χ4v) is 3.07. The van der Waals surface area contributed by atoms with Crippen LogP contribution in [-0.2, 0) is 21.9 Å². The summed E-state index contributed by atoms with van der Waals surface area (Å²) < 4.78 is 81.6. The number of hydrogen-bond donors (Lipinski definition) is 1. The third-order valence-corrected chi connectivity index (χ3v) is 4.62. The summed E-state index contributed by atoms with van der Waals surface area (Å²) >= 11 is 0. The van der Waals surface area contributed by atoms with Gasteiger partial charge in [0.25, 0.3) is 5.91 Å². The van der Waals surface area contributed by atoms with Gasteiger partial charge in [0.15, 0.2) is 6.61 Å². The second kappa shape index (κ2) is 8.40. The molecule has 1 aliphatic rings. The molecule has 0 bridgehead atoms. The highest BCUT2D eigenvalue weighted by molar-refractivity contribution is 5.91. The highest BCUT2D eigenvalue weighted by Crippen LogP contribution is 2.36. The summed E-state index contributed by atoms with van der Waals surface area (Å²) in [6.07, 6.45) is -6.51. The zero-order valence-electron chi connectivity index (χ0n) is 14.9. The van der Waals surface area contributed by atoms with Gasteiger partial charge >= 0.3 is 18.3 Å². The van der Waals surface area contributed by atoms with Crippen molar-refractivity contribution in [1.29, 1.82) is 0 Å². The Bertz CT molecular complexity index is 697. The zero-order chi connectivity index (χ0) is 21.1. The van der Waals surface area contributed by atoms with Gasteiger partial charge in [-0.05, 0) is 37.0 Å². The van der Waals surface area contributed by atoms with Crippen LogP contribution in [0.1, 0.15) is 54.1 Å². The van der Waals surface area contributed by atoms with Crippen LogP contribution in [0.25, 0.3) is 0 Å². The fraction of sp³-hybridized carbons (Fsp3) is 0.556. The van der Waals surface area contributed by atoms with Crippen LogP contribution in [0.15, 0.2) is 18.2 Å². The van der Waals surface area contributed by atoms with Crippen LogP contribution in [-0.4, -0.2) is 24.5 Å². The molecule has 10 heteroatoms. The largest absolute Gasteiger partial charge is 0.452 e. The first-order valence-electron chi connectivity index (χ1n) is 8.64. The van der Waals surface area contributed by atoms with Crippen molar-refractivity contribution in [3.63, 3.8) is 0 Å². The Kier molecular flexibility index (Phi) is 6.61. The van der Waals surface area contributed by atoms with Crippen molar-refractivity contribution >= 4 is 11.9 Å². The third-order valence-electron chi connectivity index (χ3n) is 4.62. The van der Waals surface area contributed by atoms with E-state index in [1.165, 1.54) is 0 Å². The number of ether oxygens (including phenoxy) is 1. The summed E-state index contributed by atoms with van der Waals surface area (Å²) in [4.78, 5) is 23.8. The zero-order valence-corrected chi connectivity index (χ0v) is 14.9. The molecular formula is C18H19F6NO3. The van der Waals surface area contributed by atoms with Gasteiger partial charge in [0.2, 0.25) is 0 Å². The topological polar surface area (TPSA) is 55.4 Å². The number of benzene rings is 1. The van der Waals surface area contributed by atoms with E-state index < -0.39 is 47.5 Å². The normalized spacial score (nSPS) is 20.5. The maximum absolute atomic E-state index is 12.8. The molecule has 1 aromatic rings. The van der Waals surface area contributed by atoms with Gasteiger partial charge in [-0.3, -0.25) is 4.79 Å². The summed E-state index contributed by atoms with van der Waals surface area (Å²) in [5.74, 6) is -1.87.